The van der Waals surface area contributed by atoms with E-state index in [-0.39, 0.29) is 5.91 Å². The Balaban J connectivity index is 2.20. The van der Waals surface area contributed by atoms with Crippen LogP contribution in [0.2, 0.25) is 0 Å². The van der Waals surface area contributed by atoms with Crippen LogP contribution in [-0.2, 0) is 11.2 Å². The van der Waals surface area contributed by atoms with Crippen LogP contribution in [0.5, 0.6) is 0 Å². The lowest BCUT2D eigenvalue weighted by Gasteiger charge is -2.09. The maximum atomic E-state index is 12.0. The van der Waals surface area contributed by atoms with Crippen molar-refractivity contribution in [3.63, 3.8) is 0 Å². The molecule has 1 aromatic carbocycles. The second kappa shape index (κ2) is 6.76. The molecule has 1 aromatic heterocycles. The number of aryl methyl sites for hydroxylation is 1. The minimum absolute atomic E-state index is 0.256. The van der Waals surface area contributed by atoms with Crippen LogP contribution in [-0.4, -0.2) is 26.6 Å². The van der Waals surface area contributed by atoms with Crippen LogP contribution in [0.3, 0.4) is 0 Å². The first-order valence-electron chi connectivity index (χ1n) is 6.22. The predicted molar refractivity (Wildman–Crippen MR) is 80.4 cm³/mol. The molecule has 0 aliphatic rings. The number of aliphatic carboxylic acids is 1. The van der Waals surface area contributed by atoms with Crippen molar-refractivity contribution in [2.24, 2.45) is 0 Å². The number of aromatic nitrogens is 2. The van der Waals surface area contributed by atoms with E-state index in [0.717, 1.165) is 28.7 Å². The second-order valence-electron chi connectivity index (χ2n) is 4.18. The summed E-state index contributed by atoms with van der Waals surface area (Å²) in [6, 6.07) is 5.35. The summed E-state index contributed by atoms with van der Waals surface area (Å²) in [6.45, 7) is 1.96. The molecule has 0 unspecified atom stereocenters. The summed E-state index contributed by atoms with van der Waals surface area (Å²) in [5.74, 6) is -1.25. The van der Waals surface area contributed by atoms with E-state index >= 15 is 0 Å². The number of nitrogens with one attached hydrogen (secondary N) is 1. The zero-order valence-corrected chi connectivity index (χ0v) is 12.1. The quantitative estimate of drug-likeness (QED) is 0.828. The van der Waals surface area contributed by atoms with Crippen molar-refractivity contribution in [1.82, 2.24) is 9.59 Å². The summed E-state index contributed by atoms with van der Waals surface area (Å²) in [5.41, 5.74) is 2.39. The van der Waals surface area contributed by atoms with E-state index in [1.807, 2.05) is 13.0 Å². The Kier molecular flexibility index (Phi) is 4.78. The Morgan fingerprint density at radius 3 is 2.86 bits per heavy atom. The summed E-state index contributed by atoms with van der Waals surface area (Å²) < 4.78 is 3.65. The van der Waals surface area contributed by atoms with Crippen molar-refractivity contribution in [3.8, 4) is 0 Å². The average molecular weight is 303 g/mol. The number of rotatable bonds is 5. The minimum atomic E-state index is -0.997. The van der Waals surface area contributed by atoms with Gasteiger partial charge in [0, 0.05) is 11.8 Å². The molecule has 21 heavy (non-hydrogen) atoms. The SMILES string of the molecule is CCc1cc(/C=C/C(=O)O)ccc1NC(=O)c1cnns1. The summed E-state index contributed by atoms with van der Waals surface area (Å²) in [4.78, 5) is 22.9. The highest BCUT2D eigenvalue weighted by Gasteiger charge is 2.11. The monoisotopic (exact) mass is 303 g/mol. The topological polar surface area (TPSA) is 92.2 Å². The average Bonchev–Trinajstić information content (AvgIpc) is 3.00. The molecule has 0 saturated carbocycles. The molecule has 7 heteroatoms. The van der Waals surface area contributed by atoms with Crippen LogP contribution in [0.15, 0.2) is 30.5 Å². The molecular weight excluding hydrogens is 290 g/mol. The fourth-order valence-corrected chi connectivity index (χ4v) is 2.16. The largest absolute Gasteiger partial charge is 0.478 e. The highest BCUT2D eigenvalue weighted by atomic mass is 32.1. The van der Waals surface area contributed by atoms with E-state index in [2.05, 4.69) is 14.9 Å². The van der Waals surface area contributed by atoms with Crippen molar-refractivity contribution in [1.29, 1.82) is 0 Å². The van der Waals surface area contributed by atoms with Gasteiger partial charge >= 0.3 is 5.97 Å². The number of carbonyl (C=O) groups excluding carboxylic acids is 1. The molecule has 1 amide bonds. The Morgan fingerprint density at radius 2 is 2.24 bits per heavy atom. The molecule has 2 rings (SSSR count). The van der Waals surface area contributed by atoms with E-state index < -0.39 is 5.97 Å². The third kappa shape index (κ3) is 3.96. The fraction of sp³-hybridized carbons (Fsp3) is 0.143. The summed E-state index contributed by atoms with van der Waals surface area (Å²) in [5, 5.41) is 15.1. The Hall–Kier alpha value is -2.54. The molecule has 0 spiro atoms. The normalized spacial score (nSPS) is 10.7. The molecule has 0 fully saturated rings. The lowest BCUT2D eigenvalue weighted by Crippen LogP contribution is -2.11. The van der Waals surface area contributed by atoms with Gasteiger partial charge in [0.15, 0.2) is 0 Å². The van der Waals surface area contributed by atoms with Crippen molar-refractivity contribution in [2.75, 3.05) is 5.32 Å². The van der Waals surface area contributed by atoms with Gasteiger partial charge in [-0.1, -0.05) is 17.5 Å². The maximum Gasteiger partial charge on any atom is 0.328 e. The first-order valence-corrected chi connectivity index (χ1v) is 7.00. The van der Waals surface area contributed by atoms with Crippen LogP contribution >= 0.6 is 11.5 Å². The molecule has 2 aromatic rings. The first-order chi connectivity index (χ1) is 10.1. The number of hydrogen-bond acceptors (Lipinski definition) is 5. The molecule has 1 heterocycles. The van der Waals surface area contributed by atoms with E-state index in [1.54, 1.807) is 12.1 Å². The second-order valence-corrected chi connectivity index (χ2v) is 4.96. The Bertz CT molecular complexity index is 681. The number of carboxylic acid groups (broad SMARTS) is 1. The van der Waals surface area contributed by atoms with Gasteiger partial charge in [-0.2, -0.15) is 0 Å². The van der Waals surface area contributed by atoms with Crippen molar-refractivity contribution < 1.29 is 14.7 Å². The number of carboxylic acids is 1. The lowest BCUT2D eigenvalue weighted by atomic mass is 10.1. The predicted octanol–water partition coefficient (Wildman–Crippen LogP) is 2.45. The molecule has 0 aliphatic carbocycles. The summed E-state index contributed by atoms with van der Waals surface area (Å²) >= 11 is 1.03. The van der Waals surface area contributed by atoms with Gasteiger partial charge in [-0.05, 0) is 47.3 Å². The fourth-order valence-electron chi connectivity index (χ4n) is 1.75. The maximum absolute atomic E-state index is 12.0. The highest BCUT2D eigenvalue weighted by molar-refractivity contribution is 7.07. The van der Waals surface area contributed by atoms with Crippen LogP contribution in [0.4, 0.5) is 5.69 Å². The van der Waals surface area contributed by atoms with Gasteiger partial charge < -0.3 is 10.4 Å². The zero-order chi connectivity index (χ0) is 15.2. The van der Waals surface area contributed by atoms with Gasteiger partial charge in [0.05, 0.1) is 6.20 Å². The minimum Gasteiger partial charge on any atom is -0.478 e. The number of benzene rings is 1. The van der Waals surface area contributed by atoms with Crippen molar-refractivity contribution in [3.05, 3.63) is 46.5 Å². The van der Waals surface area contributed by atoms with Crippen LogP contribution in [0, 0.1) is 0 Å². The molecule has 0 radical (unpaired) electrons. The van der Waals surface area contributed by atoms with E-state index in [1.165, 1.54) is 12.3 Å². The Morgan fingerprint density at radius 1 is 1.43 bits per heavy atom. The Labute approximate surface area is 125 Å². The van der Waals surface area contributed by atoms with E-state index in [4.69, 9.17) is 5.11 Å². The molecule has 0 atom stereocenters. The van der Waals surface area contributed by atoms with Crippen molar-refractivity contribution in [2.45, 2.75) is 13.3 Å². The van der Waals surface area contributed by atoms with E-state index in [9.17, 15) is 9.59 Å². The van der Waals surface area contributed by atoms with E-state index in [0.29, 0.717) is 17.0 Å². The zero-order valence-electron chi connectivity index (χ0n) is 11.2. The van der Waals surface area contributed by atoms with Crippen LogP contribution in [0.1, 0.15) is 27.7 Å². The molecule has 2 N–H and O–H groups in total. The summed E-state index contributed by atoms with van der Waals surface area (Å²) in [7, 11) is 0. The molecular formula is C14H13N3O3S. The van der Waals surface area contributed by atoms with Gasteiger partial charge in [-0.15, -0.1) is 5.10 Å². The van der Waals surface area contributed by atoms with Gasteiger partial charge in [-0.25, -0.2) is 4.79 Å². The number of hydrogen-bond donors (Lipinski definition) is 2. The first kappa shape index (κ1) is 14.9. The van der Waals surface area contributed by atoms with Gasteiger partial charge in [0.2, 0.25) is 0 Å². The smallest absolute Gasteiger partial charge is 0.328 e. The van der Waals surface area contributed by atoms with Gasteiger partial charge in [0.25, 0.3) is 5.91 Å². The number of nitrogens with zero attached hydrogens (tertiary/aromatic N) is 2. The summed E-state index contributed by atoms with van der Waals surface area (Å²) in [6.07, 6.45) is 4.72. The third-order valence-corrected chi connectivity index (χ3v) is 3.43. The van der Waals surface area contributed by atoms with Crippen molar-refractivity contribution >= 4 is 35.2 Å². The molecule has 6 nitrogen and oxygen atoms in total. The van der Waals surface area contributed by atoms with Crippen LogP contribution < -0.4 is 5.32 Å². The highest BCUT2D eigenvalue weighted by Crippen LogP contribution is 2.20. The van der Waals surface area contributed by atoms with Crippen LogP contribution in [0.25, 0.3) is 6.08 Å². The number of carbonyl (C=O) groups is 2. The molecule has 0 aliphatic heterocycles. The number of amides is 1. The van der Waals surface area contributed by atoms with Gasteiger partial charge in [-0.3, -0.25) is 4.79 Å². The van der Waals surface area contributed by atoms with Gasteiger partial charge in [0.1, 0.15) is 4.88 Å². The standard InChI is InChI=1S/C14H13N3O3S/c1-2-10-7-9(4-6-13(18)19)3-5-11(10)16-14(20)12-8-15-17-21-12/h3-8H,2H2,1H3,(H,16,20)(H,18,19)/b6-4+. The third-order valence-electron chi connectivity index (χ3n) is 2.76. The molecule has 0 bridgehead atoms. The lowest BCUT2D eigenvalue weighted by molar-refractivity contribution is -0.131. The molecule has 108 valence electrons. The molecule has 0 saturated heterocycles. The number of anilines is 1.